The van der Waals surface area contributed by atoms with E-state index in [2.05, 4.69) is 66.4 Å². The summed E-state index contributed by atoms with van der Waals surface area (Å²) in [6.07, 6.45) is 3.84. The van der Waals surface area contributed by atoms with Crippen LogP contribution in [0, 0.1) is 0 Å². The second kappa shape index (κ2) is 10.7. The Kier molecular flexibility index (Phi) is 7.35. The summed E-state index contributed by atoms with van der Waals surface area (Å²) in [6.45, 7) is 1.77. The Hall–Kier alpha value is -3.51. The van der Waals surface area contributed by atoms with Gasteiger partial charge in [0.1, 0.15) is 11.5 Å². The van der Waals surface area contributed by atoms with Crippen LogP contribution in [-0.2, 0) is 18.6 Å². The van der Waals surface area contributed by atoms with Gasteiger partial charge in [-0.05, 0) is 57.5 Å². The smallest absolute Gasteiger partial charge is 0.321 e. The first kappa shape index (κ1) is 26.1. The van der Waals surface area contributed by atoms with Crippen LogP contribution in [0.25, 0.3) is 0 Å². The van der Waals surface area contributed by atoms with E-state index in [0.717, 1.165) is 48.3 Å². The lowest BCUT2D eigenvalue weighted by atomic mass is 9.68. The zero-order valence-electron chi connectivity index (χ0n) is 23.0. The third-order valence-corrected chi connectivity index (χ3v) is 8.81. The van der Waals surface area contributed by atoms with E-state index in [1.54, 1.807) is 14.2 Å². The summed E-state index contributed by atoms with van der Waals surface area (Å²) in [5.41, 5.74) is 3.14. The van der Waals surface area contributed by atoms with E-state index in [-0.39, 0.29) is 17.1 Å². The van der Waals surface area contributed by atoms with Crippen LogP contribution in [0.5, 0.6) is 11.5 Å². The van der Waals surface area contributed by atoms with Gasteiger partial charge >= 0.3 is 6.03 Å². The van der Waals surface area contributed by atoms with Gasteiger partial charge in [0.25, 0.3) is 0 Å². The van der Waals surface area contributed by atoms with E-state index in [9.17, 15) is 4.79 Å². The van der Waals surface area contributed by atoms with Crippen LogP contribution in [0.2, 0.25) is 0 Å². The molecule has 1 heterocycles. The van der Waals surface area contributed by atoms with Crippen LogP contribution in [0.15, 0.2) is 78.9 Å². The monoisotopic (exact) mass is 513 g/mol. The van der Waals surface area contributed by atoms with Crippen molar-refractivity contribution < 1.29 is 14.3 Å². The van der Waals surface area contributed by atoms with Crippen molar-refractivity contribution >= 4 is 6.03 Å². The van der Waals surface area contributed by atoms with E-state index < -0.39 is 0 Å². The van der Waals surface area contributed by atoms with Crippen molar-refractivity contribution in [2.45, 2.75) is 49.9 Å². The minimum atomic E-state index is -0.242. The molecule has 200 valence electrons. The highest BCUT2D eigenvalue weighted by atomic mass is 16.5. The van der Waals surface area contributed by atoms with E-state index in [0.29, 0.717) is 19.6 Å². The molecule has 1 aliphatic carbocycles. The number of para-hydroxylation sites is 2. The fourth-order valence-electron chi connectivity index (χ4n) is 6.58. The SMILES string of the molecule is COc1ccccc1CN1CC2(CCC(c3ccccc3)(N(C)C)CC2)N(Cc2ccccc2OC)C1=O. The number of amides is 2. The summed E-state index contributed by atoms with van der Waals surface area (Å²) in [7, 11) is 7.75. The molecule has 1 saturated heterocycles. The van der Waals surface area contributed by atoms with Crippen LogP contribution in [0.1, 0.15) is 42.4 Å². The number of carbonyl (C=O) groups excluding carboxylic acids is 1. The van der Waals surface area contributed by atoms with Crippen LogP contribution < -0.4 is 9.47 Å². The second-order valence-electron chi connectivity index (χ2n) is 10.9. The van der Waals surface area contributed by atoms with Gasteiger partial charge < -0.3 is 19.3 Å². The molecule has 0 unspecified atom stereocenters. The number of rotatable bonds is 8. The van der Waals surface area contributed by atoms with E-state index in [4.69, 9.17) is 9.47 Å². The van der Waals surface area contributed by atoms with Crippen molar-refractivity contribution in [1.29, 1.82) is 0 Å². The van der Waals surface area contributed by atoms with Crippen molar-refractivity contribution in [1.82, 2.24) is 14.7 Å². The molecule has 2 fully saturated rings. The molecule has 0 bridgehead atoms. The fraction of sp³-hybridized carbons (Fsp3) is 0.406. The number of methoxy groups -OCH3 is 2. The highest BCUT2D eigenvalue weighted by Gasteiger charge is 2.54. The number of hydrogen-bond acceptors (Lipinski definition) is 4. The molecule has 6 heteroatoms. The van der Waals surface area contributed by atoms with Gasteiger partial charge in [-0.3, -0.25) is 4.90 Å². The molecule has 1 aliphatic heterocycles. The highest BCUT2D eigenvalue weighted by molar-refractivity contribution is 5.78. The first-order valence-electron chi connectivity index (χ1n) is 13.5. The van der Waals surface area contributed by atoms with Gasteiger partial charge in [0, 0.05) is 23.2 Å². The van der Waals surface area contributed by atoms with Gasteiger partial charge in [-0.25, -0.2) is 4.79 Å². The van der Waals surface area contributed by atoms with E-state index >= 15 is 0 Å². The third-order valence-electron chi connectivity index (χ3n) is 8.81. The van der Waals surface area contributed by atoms with Crippen molar-refractivity contribution in [3.63, 3.8) is 0 Å². The molecule has 2 aliphatic rings. The molecule has 6 nitrogen and oxygen atoms in total. The number of urea groups is 1. The van der Waals surface area contributed by atoms with Gasteiger partial charge in [-0.2, -0.15) is 0 Å². The predicted octanol–water partition coefficient (Wildman–Crippen LogP) is 5.91. The third kappa shape index (κ3) is 4.62. The second-order valence-corrected chi connectivity index (χ2v) is 10.9. The molecule has 3 aromatic carbocycles. The molecule has 0 aromatic heterocycles. The predicted molar refractivity (Wildman–Crippen MR) is 150 cm³/mol. The molecule has 0 N–H and O–H groups in total. The first-order valence-corrected chi connectivity index (χ1v) is 13.5. The number of nitrogens with zero attached hydrogens (tertiary/aromatic N) is 3. The number of ether oxygens (including phenoxy) is 2. The summed E-state index contributed by atoms with van der Waals surface area (Å²) in [4.78, 5) is 20.6. The van der Waals surface area contributed by atoms with Crippen molar-refractivity contribution in [2.75, 3.05) is 34.9 Å². The molecular formula is C32H39N3O3. The number of benzene rings is 3. The van der Waals surface area contributed by atoms with E-state index in [1.165, 1.54) is 5.56 Å². The van der Waals surface area contributed by atoms with E-state index in [1.807, 2.05) is 41.3 Å². The summed E-state index contributed by atoms with van der Waals surface area (Å²) >= 11 is 0. The van der Waals surface area contributed by atoms with Crippen molar-refractivity contribution in [3.8, 4) is 11.5 Å². The maximum Gasteiger partial charge on any atom is 0.321 e. The minimum Gasteiger partial charge on any atom is -0.496 e. The molecule has 3 aromatic rings. The maximum absolute atomic E-state index is 14.1. The van der Waals surface area contributed by atoms with Crippen LogP contribution in [0.4, 0.5) is 4.79 Å². The molecular weight excluding hydrogens is 474 g/mol. The Morgan fingerprint density at radius 3 is 1.82 bits per heavy atom. The summed E-state index contributed by atoms with van der Waals surface area (Å²) in [5.74, 6) is 1.64. The Balaban J connectivity index is 1.48. The Morgan fingerprint density at radius 1 is 0.737 bits per heavy atom. The maximum atomic E-state index is 14.1. The first-order chi connectivity index (χ1) is 18.4. The van der Waals surface area contributed by atoms with Gasteiger partial charge in [0.05, 0.1) is 32.8 Å². The topological polar surface area (TPSA) is 45.2 Å². The average Bonchev–Trinajstić information content (AvgIpc) is 3.20. The molecule has 0 radical (unpaired) electrons. The summed E-state index contributed by atoms with van der Waals surface area (Å²) in [5, 5.41) is 0. The average molecular weight is 514 g/mol. The molecule has 0 atom stereocenters. The summed E-state index contributed by atoms with van der Waals surface area (Å²) < 4.78 is 11.3. The van der Waals surface area contributed by atoms with Gasteiger partial charge in [0.2, 0.25) is 0 Å². The molecule has 5 rings (SSSR count). The normalized spacial score (nSPS) is 23.3. The zero-order chi connectivity index (χ0) is 26.8. The van der Waals surface area contributed by atoms with Crippen LogP contribution in [0.3, 0.4) is 0 Å². The number of hydrogen-bond donors (Lipinski definition) is 0. The van der Waals surface area contributed by atoms with Gasteiger partial charge in [-0.15, -0.1) is 0 Å². The quantitative estimate of drug-likeness (QED) is 0.376. The lowest BCUT2D eigenvalue weighted by molar-refractivity contribution is 0.0219. The fourth-order valence-corrected chi connectivity index (χ4v) is 6.58. The molecule has 38 heavy (non-hydrogen) atoms. The molecule has 1 saturated carbocycles. The van der Waals surface area contributed by atoms with Gasteiger partial charge in [-0.1, -0.05) is 66.7 Å². The Morgan fingerprint density at radius 2 is 1.26 bits per heavy atom. The minimum absolute atomic E-state index is 0.0399. The standard InChI is InChI=1S/C32H39N3O3/c1-33(2)32(27-14-6-5-7-15-27)20-18-31(19-21-32)24-34(22-25-12-8-10-16-28(25)37-3)30(36)35(31)23-26-13-9-11-17-29(26)38-4/h5-17H,18-24H2,1-4H3. The van der Waals surface area contributed by atoms with Crippen molar-refractivity contribution in [2.24, 2.45) is 0 Å². The molecule has 2 amide bonds. The molecule has 1 spiro atoms. The highest BCUT2D eigenvalue weighted by Crippen LogP contribution is 2.49. The largest absolute Gasteiger partial charge is 0.496 e. The Labute approximate surface area is 226 Å². The van der Waals surface area contributed by atoms with Crippen LogP contribution in [-0.4, -0.2) is 61.1 Å². The number of carbonyl (C=O) groups is 1. The lowest BCUT2D eigenvalue weighted by Crippen LogP contribution is -2.55. The summed E-state index contributed by atoms with van der Waals surface area (Å²) in [6, 6.07) is 26.9. The van der Waals surface area contributed by atoms with Gasteiger partial charge in [0.15, 0.2) is 0 Å². The zero-order valence-corrected chi connectivity index (χ0v) is 23.0. The van der Waals surface area contributed by atoms with Crippen molar-refractivity contribution in [3.05, 3.63) is 95.6 Å². The Bertz CT molecular complexity index is 1250. The van der Waals surface area contributed by atoms with Crippen LogP contribution >= 0.6 is 0 Å². The lowest BCUT2D eigenvalue weighted by Gasteiger charge is -2.51.